The highest BCUT2D eigenvalue weighted by Crippen LogP contribution is 2.30. The van der Waals surface area contributed by atoms with E-state index in [4.69, 9.17) is 5.73 Å². The molecule has 102 valence electrons. The molecule has 1 fully saturated rings. The Hall–Kier alpha value is -0.130. The van der Waals surface area contributed by atoms with E-state index in [1.807, 2.05) is 7.05 Å². The quantitative estimate of drug-likeness (QED) is 0.751. The molecule has 4 nitrogen and oxygen atoms in total. The lowest BCUT2D eigenvalue weighted by molar-refractivity contribution is 0.114. The number of hydrogen-bond donors (Lipinski definition) is 1. The number of nitrogens with two attached hydrogens (primary N) is 1. The van der Waals surface area contributed by atoms with Crippen molar-refractivity contribution in [2.45, 2.75) is 44.1 Å². The molecule has 0 spiro atoms. The Bertz CT molecular complexity index is 319. The van der Waals surface area contributed by atoms with Crippen LogP contribution in [0.3, 0.4) is 0 Å². The summed E-state index contributed by atoms with van der Waals surface area (Å²) < 4.78 is 22.4. The molecule has 1 aliphatic rings. The first kappa shape index (κ1) is 14.9. The van der Waals surface area contributed by atoms with Crippen LogP contribution in [0, 0.1) is 0 Å². The van der Waals surface area contributed by atoms with Gasteiger partial charge < -0.3 is 5.73 Å². The molecule has 0 radical (unpaired) electrons. The molecular weight excluding hydrogens is 236 g/mol. The molecule has 0 aromatic carbocycles. The summed E-state index contributed by atoms with van der Waals surface area (Å²) in [6.45, 7) is 1.23. The van der Waals surface area contributed by atoms with Gasteiger partial charge in [-0.25, -0.2) is 8.42 Å². The summed E-state index contributed by atoms with van der Waals surface area (Å²) in [5.41, 5.74) is 5.99. The van der Waals surface area contributed by atoms with Crippen molar-refractivity contribution >= 4 is 9.84 Å². The zero-order valence-corrected chi connectivity index (χ0v) is 11.9. The lowest BCUT2D eigenvalue weighted by atomic mass is 9.88. The van der Waals surface area contributed by atoms with Gasteiger partial charge in [0.25, 0.3) is 0 Å². The first-order chi connectivity index (χ1) is 7.90. The van der Waals surface area contributed by atoms with Crippen LogP contribution < -0.4 is 5.73 Å². The van der Waals surface area contributed by atoms with E-state index >= 15 is 0 Å². The van der Waals surface area contributed by atoms with Crippen LogP contribution in [0.5, 0.6) is 0 Å². The van der Waals surface area contributed by atoms with Gasteiger partial charge in [-0.2, -0.15) is 0 Å². The van der Waals surface area contributed by atoms with E-state index in [1.54, 1.807) is 0 Å². The fourth-order valence-electron chi connectivity index (χ4n) is 2.67. The molecule has 17 heavy (non-hydrogen) atoms. The second-order valence-corrected chi connectivity index (χ2v) is 7.65. The summed E-state index contributed by atoms with van der Waals surface area (Å²) in [7, 11) is -0.867. The van der Waals surface area contributed by atoms with E-state index in [9.17, 15) is 8.42 Å². The summed E-state index contributed by atoms with van der Waals surface area (Å²) in [6.07, 6.45) is 8.47. The first-order valence-corrected chi connectivity index (χ1v) is 8.55. The molecule has 1 rings (SSSR count). The maximum absolute atomic E-state index is 11.2. The third kappa shape index (κ3) is 4.56. The SMILES string of the molecule is CN(CCS(C)(=O)=O)C1(CN)CCCCCC1. The van der Waals surface area contributed by atoms with Crippen molar-refractivity contribution in [2.24, 2.45) is 5.73 Å². The molecule has 0 atom stereocenters. The molecule has 0 unspecified atom stereocenters. The van der Waals surface area contributed by atoms with Gasteiger partial charge in [0, 0.05) is 24.9 Å². The van der Waals surface area contributed by atoms with Crippen molar-refractivity contribution in [3.05, 3.63) is 0 Å². The van der Waals surface area contributed by atoms with E-state index in [0.717, 1.165) is 12.8 Å². The maximum Gasteiger partial charge on any atom is 0.148 e. The minimum absolute atomic E-state index is 0.0290. The smallest absolute Gasteiger partial charge is 0.148 e. The second-order valence-electron chi connectivity index (χ2n) is 5.39. The number of nitrogens with zero attached hydrogens (tertiary/aromatic N) is 1. The molecule has 0 aromatic heterocycles. The maximum atomic E-state index is 11.2. The number of rotatable bonds is 5. The zero-order valence-electron chi connectivity index (χ0n) is 11.1. The summed E-state index contributed by atoms with van der Waals surface area (Å²) in [5.74, 6) is 0.227. The molecule has 0 amide bonds. The molecule has 1 saturated carbocycles. The van der Waals surface area contributed by atoms with E-state index < -0.39 is 9.84 Å². The molecule has 0 saturated heterocycles. The van der Waals surface area contributed by atoms with Crippen molar-refractivity contribution in [2.75, 3.05) is 32.1 Å². The van der Waals surface area contributed by atoms with Gasteiger partial charge in [-0.3, -0.25) is 4.90 Å². The van der Waals surface area contributed by atoms with E-state index in [0.29, 0.717) is 13.1 Å². The van der Waals surface area contributed by atoms with Crippen LogP contribution in [0.4, 0.5) is 0 Å². The van der Waals surface area contributed by atoms with Gasteiger partial charge in [0.05, 0.1) is 5.75 Å². The third-order valence-corrected chi connectivity index (χ3v) is 4.95. The van der Waals surface area contributed by atoms with Crippen LogP contribution in [0.25, 0.3) is 0 Å². The highest BCUT2D eigenvalue weighted by Gasteiger charge is 2.33. The van der Waals surface area contributed by atoms with Crippen LogP contribution in [0.2, 0.25) is 0 Å². The van der Waals surface area contributed by atoms with Gasteiger partial charge in [0.15, 0.2) is 0 Å². The lowest BCUT2D eigenvalue weighted by Gasteiger charge is -2.40. The van der Waals surface area contributed by atoms with Crippen molar-refractivity contribution in [1.82, 2.24) is 4.90 Å². The fourth-order valence-corrected chi connectivity index (χ4v) is 3.27. The van der Waals surface area contributed by atoms with E-state index in [1.165, 1.54) is 31.9 Å². The first-order valence-electron chi connectivity index (χ1n) is 6.49. The minimum Gasteiger partial charge on any atom is -0.329 e. The highest BCUT2D eigenvalue weighted by molar-refractivity contribution is 7.90. The largest absolute Gasteiger partial charge is 0.329 e. The van der Waals surface area contributed by atoms with Crippen molar-refractivity contribution in [1.29, 1.82) is 0 Å². The Morgan fingerprint density at radius 2 is 1.71 bits per heavy atom. The van der Waals surface area contributed by atoms with Gasteiger partial charge in [0.2, 0.25) is 0 Å². The van der Waals surface area contributed by atoms with E-state index in [-0.39, 0.29) is 11.3 Å². The van der Waals surface area contributed by atoms with Crippen molar-refractivity contribution < 1.29 is 8.42 Å². The van der Waals surface area contributed by atoms with Crippen LogP contribution in [-0.2, 0) is 9.84 Å². The summed E-state index contributed by atoms with van der Waals surface area (Å²) in [5, 5.41) is 0. The standard InChI is InChI=1S/C12H26N2O2S/c1-14(9-10-17(2,15)16)12(11-13)7-5-3-4-6-8-12/h3-11,13H2,1-2H3. The average molecular weight is 262 g/mol. The van der Waals surface area contributed by atoms with Crippen LogP contribution in [-0.4, -0.2) is 51.0 Å². The van der Waals surface area contributed by atoms with E-state index in [2.05, 4.69) is 4.90 Å². The molecular formula is C12H26N2O2S. The normalized spacial score (nSPS) is 21.4. The van der Waals surface area contributed by atoms with Crippen molar-refractivity contribution in [3.8, 4) is 0 Å². The average Bonchev–Trinajstić information content (AvgIpc) is 2.51. The summed E-state index contributed by atoms with van der Waals surface area (Å²) in [6, 6.07) is 0. The van der Waals surface area contributed by atoms with Gasteiger partial charge in [-0.15, -0.1) is 0 Å². The van der Waals surface area contributed by atoms with Gasteiger partial charge in [-0.1, -0.05) is 25.7 Å². The summed E-state index contributed by atoms with van der Waals surface area (Å²) in [4.78, 5) is 2.18. The van der Waals surface area contributed by atoms with Gasteiger partial charge >= 0.3 is 0 Å². The summed E-state index contributed by atoms with van der Waals surface area (Å²) >= 11 is 0. The molecule has 1 aliphatic carbocycles. The predicted octanol–water partition coefficient (Wildman–Crippen LogP) is 1.01. The monoisotopic (exact) mass is 262 g/mol. The Kier molecular flexibility index (Phi) is 5.41. The molecule has 0 bridgehead atoms. The number of likely N-dealkylation sites (N-methyl/N-ethyl adjacent to an activating group) is 1. The number of hydrogen-bond acceptors (Lipinski definition) is 4. The lowest BCUT2D eigenvalue weighted by Crippen LogP contribution is -2.53. The fraction of sp³-hybridized carbons (Fsp3) is 1.00. The third-order valence-electron chi connectivity index (χ3n) is 4.02. The zero-order chi connectivity index (χ0) is 12.9. The topological polar surface area (TPSA) is 63.4 Å². The Labute approximate surface area is 105 Å². The molecule has 2 N–H and O–H groups in total. The molecule has 5 heteroatoms. The van der Waals surface area contributed by atoms with Crippen LogP contribution >= 0.6 is 0 Å². The van der Waals surface area contributed by atoms with Gasteiger partial charge in [0.1, 0.15) is 9.84 Å². The predicted molar refractivity (Wildman–Crippen MR) is 71.8 cm³/mol. The number of sulfone groups is 1. The Morgan fingerprint density at radius 3 is 2.12 bits per heavy atom. The molecule has 0 aromatic rings. The molecule has 0 heterocycles. The van der Waals surface area contributed by atoms with Crippen LogP contribution in [0.1, 0.15) is 38.5 Å². The second kappa shape index (κ2) is 6.16. The molecule has 0 aliphatic heterocycles. The highest BCUT2D eigenvalue weighted by atomic mass is 32.2. The Morgan fingerprint density at radius 1 is 1.18 bits per heavy atom. The van der Waals surface area contributed by atoms with Gasteiger partial charge in [-0.05, 0) is 19.9 Å². The van der Waals surface area contributed by atoms with Crippen LogP contribution in [0.15, 0.2) is 0 Å². The minimum atomic E-state index is -2.88. The Balaban J connectivity index is 2.64. The van der Waals surface area contributed by atoms with Crippen molar-refractivity contribution in [3.63, 3.8) is 0 Å².